The van der Waals surface area contributed by atoms with Crippen molar-refractivity contribution in [1.82, 2.24) is 4.98 Å². The van der Waals surface area contributed by atoms with Crippen LogP contribution in [-0.4, -0.2) is 11.0 Å². The van der Waals surface area contributed by atoms with Gasteiger partial charge in [-0.1, -0.05) is 37.3 Å². The molecule has 0 fully saturated rings. The molecule has 1 aromatic carbocycles. The van der Waals surface area contributed by atoms with Crippen LogP contribution in [0.1, 0.15) is 24.6 Å². The summed E-state index contributed by atoms with van der Waals surface area (Å²) in [5.41, 5.74) is 3.52. The Morgan fingerprint density at radius 1 is 1.11 bits per heavy atom. The van der Waals surface area contributed by atoms with Crippen molar-refractivity contribution in [3.63, 3.8) is 0 Å². The molecule has 2 nitrogen and oxygen atoms in total. The highest BCUT2D eigenvalue weighted by Gasteiger charge is 2.07. The smallest absolute Gasteiger partial charge is 0.0529 e. The zero-order chi connectivity index (χ0) is 12.8. The second-order valence-electron chi connectivity index (χ2n) is 4.63. The maximum Gasteiger partial charge on any atom is 0.0529 e. The SMILES string of the molecule is CCC(Cc1ccccc1)Nc1ccc(C)nc1. The van der Waals surface area contributed by atoms with E-state index in [2.05, 4.69) is 53.6 Å². The number of hydrogen-bond donors (Lipinski definition) is 1. The number of anilines is 1. The molecule has 0 aliphatic heterocycles. The van der Waals surface area contributed by atoms with Crippen molar-refractivity contribution in [2.45, 2.75) is 32.7 Å². The van der Waals surface area contributed by atoms with Gasteiger partial charge in [-0.25, -0.2) is 0 Å². The first-order valence-electron chi connectivity index (χ1n) is 6.51. The fourth-order valence-corrected chi connectivity index (χ4v) is 1.98. The predicted octanol–water partition coefficient (Wildman–Crippen LogP) is 3.82. The maximum absolute atomic E-state index is 4.31. The Kier molecular flexibility index (Phi) is 4.35. The average molecular weight is 240 g/mol. The minimum Gasteiger partial charge on any atom is -0.381 e. The van der Waals surface area contributed by atoms with Gasteiger partial charge in [0.2, 0.25) is 0 Å². The number of aryl methyl sites for hydroxylation is 1. The topological polar surface area (TPSA) is 24.9 Å². The average Bonchev–Trinajstić information content (AvgIpc) is 2.41. The number of rotatable bonds is 5. The van der Waals surface area contributed by atoms with Crippen molar-refractivity contribution in [2.75, 3.05) is 5.32 Å². The molecule has 1 N–H and O–H groups in total. The molecule has 1 unspecified atom stereocenters. The lowest BCUT2D eigenvalue weighted by atomic mass is 10.0. The Morgan fingerprint density at radius 2 is 1.89 bits per heavy atom. The van der Waals surface area contributed by atoms with Crippen molar-refractivity contribution in [3.8, 4) is 0 Å². The normalized spacial score (nSPS) is 12.1. The van der Waals surface area contributed by atoms with Gasteiger partial charge in [-0.15, -0.1) is 0 Å². The summed E-state index contributed by atoms with van der Waals surface area (Å²) in [6.45, 7) is 4.22. The summed E-state index contributed by atoms with van der Waals surface area (Å²) >= 11 is 0. The summed E-state index contributed by atoms with van der Waals surface area (Å²) in [7, 11) is 0. The fraction of sp³-hybridized carbons (Fsp3) is 0.312. The summed E-state index contributed by atoms with van der Waals surface area (Å²) < 4.78 is 0. The Labute approximate surface area is 109 Å². The third-order valence-corrected chi connectivity index (χ3v) is 3.10. The third kappa shape index (κ3) is 3.59. The van der Waals surface area contributed by atoms with Gasteiger partial charge >= 0.3 is 0 Å². The largest absolute Gasteiger partial charge is 0.381 e. The Balaban J connectivity index is 1.99. The predicted molar refractivity (Wildman–Crippen MR) is 76.8 cm³/mol. The second kappa shape index (κ2) is 6.20. The molecule has 2 heteroatoms. The van der Waals surface area contributed by atoms with Gasteiger partial charge in [-0.2, -0.15) is 0 Å². The lowest BCUT2D eigenvalue weighted by Gasteiger charge is -2.18. The van der Waals surface area contributed by atoms with Gasteiger partial charge in [0.25, 0.3) is 0 Å². The Bertz CT molecular complexity index is 462. The van der Waals surface area contributed by atoms with Crippen molar-refractivity contribution in [3.05, 3.63) is 59.9 Å². The lowest BCUT2D eigenvalue weighted by molar-refractivity contribution is 0.690. The molecule has 0 aliphatic rings. The van der Waals surface area contributed by atoms with Crippen LogP contribution in [0.4, 0.5) is 5.69 Å². The van der Waals surface area contributed by atoms with Crippen LogP contribution in [0.3, 0.4) is 0 Å². The lowest BCUT2D eigenvalue weighted by Crippen LogP contribution is -2.21. The van der Waals surface area contributed by atoms with E-state index in [1.54, 1.807) is 0 Å². The molecule has 18 heavy (non-hydrogen) atoms. The molecule has 94 valence electrons. The summed E-state index contributed by atoms with van der Waals surface area (Å²) in [5.74, 6) is 0. The van der Waals surface area contributed by atoms with Gasteiger partial charge in [0.15, 0.2) is 0 Å². The summed E-state index contributed by atoms with van der Waals surface area (Å²) in [6, 6.07) is 15.2. The van der Waals surface area contributed by atoms with Crippen LogP contribution in [0.15, 0.2) is 48.7 Å². The van der Waals surface area contributed by atoms with Crippen molar-refractivity contribution < 1.29 is 0 Å². The summed E-state index contributed by atoms with van der Waals surface area (Å²) in [4.78, 5) is 4.31. The van der Waals surface area contributed by atoms with Crippen molar-refractivity contribution in [1.29, 1.82) is 0 Å². The molecule has 0 radical (unpaired) electrons. The molecule has 0 saturated carbocycles. The van der Waals surface area contributed by atoms with E-state index in [0.717, 1.165) is 24.2 Å². The number of hydrogen-bond acceptors (Lipinski definition) is 2. The molecule has 2 rings (SSSR count). The van der Waals surface area contributed by atoms with Crippen LogP contribution in [0.2, 0.25) is 0 Å². The molecule has 0 spiro atoms. The number of aromatic nitrogens is 1. The van der Waals surface area contributed by atoms with Crippen LogP contribution < -0.4 is 5.32 Å². The molecular weight excluding hydrogens is 220 g/mol. The maximum atomic E-state index is 4.31. The Hall–Kier alpha value is -1.83. The van der Waals surface area contributed by atoms with Crippen LogP contribution in [0, 0.1) is 6.92 Å². The first kappa shape index (κ1) is 12.6. The third-order valence-electron chi connectivity index (χ3n) is 3.10. The minimum absolute atomic E-state index is 0.455. The highest BCUT2D eigenvalue weighted by atomic mass is 14.9. The summed E-state index contributed by atoms with van der Waals surface area (Å²) in [5, 5.41) is 3.54. The van der Waals surface area contributed by atoms with Gasteiger partial charge in [0, 0.05) is 11.7 Å². The van der Waals surface area contributed by atoms with Gasteiger partial charge in [0.05, 0.1) is 11.9 Å². The second-order valence-corrected chi connectivity index (χ2v) is 4.63. The highest BCUT2D eigenvalue weighted by molar-refractivity contribution is 5.42. The van der Waals surface area contributed by atoms with Gasteiger partial charge in [0.1, 0.15) is 0 Å². The number of pyridine rings is 1. The van der Waals surface area contributed by atoms with E-state index in [-0.39, 0.29) is 0 Å². The molecule has 0 aliphatic carbocycles. The van der Waals surface area contributed by atoms with Gasteiger partial charge in [-0.05, 0) is 37.5 Å². The zero-order valence-corrected chi connectivity index (χ0v) is 11.1. The molecule has 1 heterocycles. The van der Waals surface area contributed by atoms with E-state index in [0.29, 0.717) is 6.04 Å². The van der Waals surface area contributed by atoms with E-state index >= 15 is 0 Å². The van der Waals surface area contributed by atoms with E-state index < -0.39 is 0 Å². The highest BCUT2D eigenvalue weighted by Crippen LogP contribution is 2.12. The zero-order valence-electron chi connectivity index (χ0n) is 11.1. The van der Waals surface area contributed by atoms with E-state index in [1.165, 1.54) is 5.56 Å². The van der Waals surface area contributed by atoms with Gasteiger partial charge in [-0.3, -0.25) is 4.98 Å². The molecule has 1 atom stereocenters. The number of nitrogens with zero attached hydrogens (tertiary/aromatic N) is 1. The molecule has 0 amide bonds. The van der Waals surface area contributed by atoms with Crippen LogP contribution in [0.5, 0.6) is 0 Å². The molecule has 0 bridgehead atoms. The molecular formula is C16H20N2. The van der Waals surface area contributed by atoms with E-state index in [4.69, 9.17) is 0 Å². The molecule has 0 saturated heterocycles. The minimum atomic E-state index is 0.455. The first-order chi connectivity index (χ1) is 8.78. The van der Waals surface area contributed by atoms with E-state index in [1.807, 2.05) is 19.2 Å². The summed E-state index contributed by atoms with van der Waals surface area (Å²) in [6.07, 6.45) is 4.05. The molecule has 2 aromatic rings. The van der Waals surface area contributed by atoms with Gasteiger partial charge < -0.3 is 5.32 Å². The monoisotopic (exact) mass is 240 g/mol. The first-order valence-corrected chi connectivity index (χ1v) is 6.51. The van der Waals surface area contributed by atoms with Crippen LogP contribution in [-0.2, 0) is 6.42 Å². The van der Waals surface area contributed by atoms with E-state index in [9.17, 15) is 0 Å². The van der Waals surface area contributed by atoms with Crippen LogP contribution in [0.25, 0.3) is 0 Å². The molecule has 1 aromatic heterocycles. The van der Waals surface area contributed by atoms with Crippen molar-refractivity contribution >= 4 is 5.69 Å². The fourth-order valence-electron chi connectivity index (χ4n) is 1.98. The van der Waals surface area contributed by atoms with Crippen molar-refractivity contribution in [2.24, 2.45) is 0 Å². The van der Waals surface area contributed by atoms with Crippen LogP contribution >= 0.6 is 0 Å². The standard InChI is InChI=1S/C16H20N2/c1-3-15(11-14-7-5-4-6-8-14)18-16-10-9-13(2)17-12-16/h4-10,12,15,18H,3,11H2,1-2H3. The Morgan fingerprint density at radius 3 is 2.50 bits per heavy atom. The quantitative estimate of drug-likeness (QED) is 0.859. The number of nitrogens with one attached hydrogen (secondary N) is 1. The number of benzene rings is 1.